The van der Waals surface area contributed by atoms with E-state index in [0.717, 1.165) is 13.1 Å². The van der Waals surface area contributed by atoms with Gasteiger partial charge in [-0.15, -0.1) is 0 Å². The summed E-state index contributed by atoms with van der Waals surface area (Å²) >= 11 is 0. The second-order valence-electron chi connectivity index (χ2n) is 3.85. The molecule has 0 amide bonds. The molecule has 0 saturated carbocycles. The van der Waals surface area contributed by atoms with Crippen LogP contribution in [0.1, 0.15) is 11.1 Å². The first kappa shape index (κ1) is 8.69. The van der Waals surface area contributed by atoms with Crippen molar-refractivity contribution in [2.45, 2.75) is 13.1 Å². The van der Waals surface area contributed by atoms with Gasteiger partial charge in [-0.25, -0.2) is 5.32 Å². The third kappa shape index (κ3) is 1.45. The molecular formula is C14H12N. The molecule has 0 unspecified atom stereocenters. The highest BCUT2D eigenvalue weighted by Gasteiger charge is 2.12. The Balaban J connectivity index is 2.27. The molecule has 0 aromatic heterocycles. The summed E-state index contributed by atoms with van der Waals surface area (Å²) in [5.41, 5.74) is 5.36. The quantitative estimate of drug-likeness (QED) is 0.612. The number of nitrogens with zero attached hydrogens (tertiary/aromatic N) is 1. The Morgan fingerprint density at radius 1 is 0.667 bits per heavy atom. The standard InChI is InChI=1S/C14H12N/c1-3-7-13-11(5-1)9-15-10-12-6-2-4-8-14(12)13/h1-8H,9-10H2. The monoisotopic (exact) mass is 194 g/mol. The molecular weight excluding hydrogens is 182 g/mol. The number of hydrogen-bond donors (Lipinski definition) is 0. The normalized spacial score (nSPS) is 13.9. The predicted molar refractivity (Wildman–Crippen MR) is 61.4 cm³/mol. The zero-order chi connectivity index (χ0) is 10.1. The van der Waals surface area contributed by atoms with Crippen molar-refractivity contribution in [3.63, 3.8) is 0 Å². The summed E-state index contributed by atoms with van der Waals surface area (Å²) in [5, 5.41) is 4.55. The van der Waals surface area contributed by atoms with Crippen LogP contribution in [0.4, 0.5) is 0 Å². The molecule has 1 heteroatoms. The Bertz CT molecular complexity index is 443. The van der Waals surface area contributed by atoms with E-state index in [2.05, 4.69) is 53.8 Å². The smallest absolute Gasteiger partial charge is 0.0394 e. The topological polar surface area (TPSA) is 14.1 Å². The lowest BCUT2D eigenvalue weighted by atomic mass is 9.97. The van der Waals surface area contributed by atoms with Gasteiger partial charge >= 0.3 is 0 Å². The molecule has 0 fully saturated rings. The highest BCUT2D eigenvalue weighted by atomic mass is 14.9. The summed E-state index contributed by atoms with van der Waals surface area (Å²) in [6, 6.07) is 17.1. The highest BCUT2D eigenvalue weighted by molar-refractivity contribution is 5.71. The van der Waals surface area contributed by atoms with E-state index in [1.54, 1.807) is 0 Å². The number of rotatable bonds is 0. The minimum Gasteiger partial charge on any atom is -0.232 e. The molecule has 1 aliphatic rings. The van der Waals surface area contributed by atoms with Gasteiger partial charge in [0.25, 0.3) is 0 Å². The van der Waals surface area contributed by atoms with Gasteiger partial charge in [0.2, 0.25) is 0 Å². The summed E-state index contributed by atoms with van der Waals surface area (Å²) in [7, 11) is 0. The van der Waals surface area contributed by atoms with E-state index >= 15 is 0 Å². The molecule has 1 aliphatic heterocycles. The summed E-state index contributed by atoms with van der Waals surface area (Å²) in [4.78, 5) is 0. The number of benzene rings is 2. The van der Waals surface area contributed by atoms with Gasteiger partial charge in [-0.1, -0.05) is 48.5 Å². The molecule has 1 nitrogen and oxygen atoms in total. The zero-order valence-corrected chi connectivity index (χ0v) is 8.48. The van der Waals surface area contributed by atoms with Gasteiger partial charge in [0.05, 0.1) is 0 Å². The van der Waals surface area contributed by atoms with Crippen LogP contribution in [0, 0.1) is 0 Å². The molecule has 2 aromatic rings. The molecule has 0 atom stereocenters. The molecule has 1 heterocycles. The maximum atomic E-state index is 4.55. The molecule has 3 rings (SSSR count). The highest BCUT2D eigenvalue weighted by Crippen LogP contribution is 2.29. The summed E-state index contributed by atoms with van der Waals surface area (Å²) < 4.78 is 0. The van der Waals surface area contributed by atoms with Crippen LogP contribution < -0.4 is 5.32 Å². The first-order valence-electron chi connectivity index (χ1n) is 5.24. The Hall–Kier alpha value is -1.60. The average Bonchev–Trinajstić information content (AvgIpc) is 2.48. The molecule has 73 valence electrons. The van der Waals surface area contributed by atoms with E-state index in [1.807, 2.05) is 0 Å². The fourth-order valence-electron chi connectivity index (χ4n) is 2.14. The maximum Gasteiger partial charge on any atom is 0.0394 e. The lowest BCUT2D eigenvalue weighted by Crippen LogP contribution is -2.01. The minimum absolute atomic E-state index is 0.838. The molecule has 1 radical (unpaired) electrons. The minimum atomic E-state index is 0.838. The van der Waals surface area contributed by atoms with E-state index < -0.39 is 0 Å². The van der Waals surface area contributed by atoms with Gasteiger partial charge in [0.15, 0.2) is 0 Å². The van der Waals surface area contributed by atoms with Crippen molar-refractivity contribution in [1.82, 2.24) is 5.32 Å². The van der Waals surface area contributed by atoms with E-state index in [0.29, 0.717) is 0 Å². The van der Waals surface area contributed by atoms with Crippen molar-refractivity contribution >= 4 is 0 Å². The summed E-state index contributed by atoms with van der Waals surface area (Å²) in [6.07, 6.45) is 0. The second-order valence-corrected chi connectivity index (χ2v) is 3.85. The summed E-state index contributed by atoms with van der Waals surface area (Å²) in [6.45, 7) is 1.68. The van der Waals surface area contributed by atoms with Gasteiger partial charge in [0.1, 0.15) is 0 Å². The lowest BCUT2D eigenvalue weighted by molar-refractivity contribution is 0.686. The molecule has 0 N–H and O–H groups in total. The van der Waals surface area contributed by atoms with Gasteiger partial charge in [-0.3, -0.25) is 0 Å². The maximum absolute atomic E-state index is 4.55. The Morgan fingerprint density at radius 2 is 1.13 bits per heavy atom. The van der Waals surface area contributed by atoms with Crippen molar-refractivity contribution in [3.05, 3.63) is 59.7 Å². The molecule has 0 bridgehead atoms. The van der Waals surface area contributed by atoms with Crippen LogP contribution >= 0.6 is 0 Å². The van der Waals surface area contributed by atoms with E-state index in [4.69, 9.17) is 0 Å². The van der Waals surface area contributed by atoms with Gasteiger partial charge in [-0.05, 0) is 22.3 Å². The predicted octanol–water partition coefficient (Wildman–Crippen LogP) is 2.97. The van der Waals surface area contributed by atoms with E-state index in [1.165, 1.54) is 22.3 Å². The van der Waals surface area contributed by atoms with Crippen molar-refractivity contribution in [3.8, 4) is 11.1 Å². The third-order valence-corrected chi connectivity index (χ3v) is 2.89. The van der Waals surface area contributed by atoms with Crippen LogP contribution in [-0.2, 0) is 13.1 Å². The van der Waals surface area contributed by atoms with E-state index in [9.17, 15) is 0 Å². The fraction of sp³-hybridized carbons (Fsp3) is 0.143. The fourth-order valence-corrected chi connectivity index (χ4v) is 2.14. The molecule has 0 aliphatic carbocycles. The average molecular weight is 194 g/mol. The Kier molecular flexibility index (Phi) is 2.04. The second kappa shape index (κ2) is 3.52. The van der Waals surface area contributed by atoms with Gasteiger partial charge in [-0.2, -0.15) is 0 Å². The van der Waals surface area contributed by atoms with Gasteiger partial charge < -0.3 is 0 Å². The Labute approximate surface area is 89.8 Å². The number of hydrogen-bond acceptors (Lipinski definition) is 0. The van der Waals surface area contributed by atoms with Crippen LogP contribution in [0.25, 0.3) is 11.1 Å². The number of fused-ring (bicyclic) bond motifs is 3. The third-order valence-electron chi connectivity index (χ3n) is 2.89. The molecule has 0 spiro atoms. The van der Waals surface area contributed by atoms with Crippen molar-refractivity contribution in [2.24, 2.45) is 0 Å². The molecule has 0 saturated heterocycles. The largest absolute Gasteiger partial charge is 0.232 e. The zero-order valence-electron chi connectivity index (χ0n) is 8.48. The molecule has 2 aromatic carbocycles. The molecule has 15 heavy (non-hydrogen) atoms. The first-order valence-corrected chi connectivity index (χ1v) is 5.24. The van der Waals surface area contributed by atoms with Gasteiger partial charge in [0, 0.05) is 13.1 Å². The first-order chi connectivity index (χ1) is 7.45. The Morgan fingerprint density at radius 3 is 1.67 bits per heavy atom. The van der Waals surface area contributed by atoms with Crippen LogP contribution in [-0.4, -0.2) is 0 Å². The van der Waals surface area contributed by atoms with Crippen LogP contribution in [0.15, 0.2) is 48.5 Å². The van der Waals surface area contributed by atoms with Crippen molar-refractivity contribution in [2.75, 3.05) is 0 Å². The van der Waals surface area contributed by atoms with Crippen molar-refractivity contribution in [1.29, 1.82) is 0 Å². The van der Waals surface area contributed by atoms with Crippen LogP contribution in [0.2, 0.25) is 0 Å². The van der Waals surface area contributed by atoms with E-state index in [-0.39, 0.29) is 0 Å². The van der Waals surface area contributed by atoms with Crippen molar-refractivity contribution < 1.29 is 0 Å². The summed E-state index contributed by atoms with van der Waals surface area (Å²) in [5.74, 6) is 0. The van der Waals surface area contributed by atoms with Crippen LogP contribution in [0.3, 0.4) is 0 Å². The SMILES string of the molecule is c1ccc2c(c1)C[N]Cc1ccccc1-2. The van der Waals surface area contributed by atoms with Crippen LogP contribution in [0.5, 0.6) is 0 Å². The lowest BCUT2D eigenvalue weighted by Gasteiger charge is -2.07.